The van der Waals surface area contributed by atoms with Crippen LogP contribution in [0.3, 0.4) is 0 Å². The van der Waals surface area contributed by atoms with E-state index in [1.54, 1.807) is 7.11 Å². The van der Waals surface area contributed by atoms with Crippen LogP contribution in [0.15, 0.2) is 30.3 Å². The molecule has 0 radical (unpaired) electrons. The monoisotopic (exact) mass is 229 g/mol. The highest BCUT2D eigenvalue weighted by atomic mass is 16.5. The molecule has 0 fully saturated rings. The number of anilines is 1. The fraction of sp³-hybridized carbons (Fsp3) is 0.231. The fourth-order valence-electron chi connectivity index (χ4n) is 1.57. The molecule has 0 amide bonds. The third-order valence-corrected chi connectivity index (χ3v) is 2.46. The van der Waals surface area contributed by atoms with Crippen LogP contribution < -0.4 is 10.1 Å². The van der Waals surface area contributed by atoms with Gasteiger partial charge >= 0.3 is 0 Å². The second kappa shape index (κ2) is 4.82. The molecule has 1 N–H and O–H groups in total. The van der Waals surface area contributed by atoms with Crippen LogP contribution in [0.2, 0.25) is 0 Å². The van der Waals surface area contributed by atoms with Crippen LogP contribution in [0.1, 0.15) is 5.69 Å². The predicted molar refractivity (Wildman–Crippen MR) is 68.3 cm³/mol. The molecule has 0 aliphatic heterocycles. The fourth-order valence-corrected chi connectivity index (χ4v) is 1.57. The van der Waals surface area contributed by atoms with E-state index >= 15 is 0 Å². The summed E-state index contributed by atoms with van der Waals surface area (Å²) in [5.74, 6) is 2.37. The minimum Gasteiger partial charge on any atom is -0.497 e. The van der Waals surface area contributed by atoms with Gasteiger partial charge in [0.1, 0.15) is 11.6 Å². The number of rotatable bonds is 3. The van der Waals surface area contributed by atoms with Gasteiger partial charge in [-0.2, -0.15) is 0 Å². The number of nitrogens with one attached hydrogen (secondary N) is 1. The van der Waals surface area contributed by atoms with Crippen LogP contribution in [-0.2, 0) is 0 Å². The molecule has 0 saturated heterocycles. The van der Waals surface area contributed by atoms with Gasteiger partial charge in [-0.25, -0.2) is 9.97 Å². The second-order valence-corrected chi connectivity index (χ2v) is 3.70. The Labute approximate surface area is 101 Å². The first-order valence-corrected chi connectivity index (χ1v) is 5.41. The molecule has 0 atom stereocenters. The molecule has 2 rings (SSSR count). The van der Waals surface area contributed by atoms with Gasteiger partial charge in [-0.15, -0.1) is 0 Å². The van der Waals surface area contributed by atoms with Crippen molar-refractivity contribution in [1.82, 2.24) is 9.97 Å². The molecule has 17 heavy (non-hydrogen) atoms. The van der Waals surface area contributed by atoms with Crippen LogP contribution >= 0.6 is 0 Å². The smallest absolute Gasteiger partial charge is 0.161 e. The molecule has 0 spiro atoms. The first-order chi connectivity index (χ1) is 8.22. The Hall–Kier alpha value is -2.10. The van der Waals surface area contributed by atoms with Gasteiger partial charge in [-0.1, -0.05) is 0 Å². The summed E-state index contributed by atoms with van der Waals surface area (Å²) in [4.78, 5) is 8.83. The standard InChI is InChI=1S/C13H15N3O/c1-9-8-12(14-2)16-13(15-9)10-4-6-11(17-3)7-5-10/h4-8H,1-3H3,(H,14,15,16). The molecule has 4 nitrogen and oxygen atoms in total. The van der Waals surface area contributed by atoms with Crippen LogP contribution in [0.25, 0.3) is 11.4 Å². The van der Waals surface area contributed by atoms with Crippen molar-refractivity contribution in [3.63, 3.8) is 0 Å². The van der Waals surface area contributed by atoms with Crippen molar-refractivity contribution in [2.45, 2.75) is 6.92 Å². The van der Waals surface area contributed by atoms with Crippen molar-refractivity contribution < 1.29 is 4.74 Å². The summed E-state index contributed by atoms with van der Waals surface area (Å²) in [7, 11) is 3.50. The number of hydrogen-bond acceptors (Lipinski definition) is 4. The molecule has 1 aromatic carbocycles. The number of benzene rings is 1. The predicted octanol–water partition coefficient (Wildman–Crippen LogP) is 2.50. The molecule has 1 heterocycles. The maximum Gasteiger partial charge on any atom is 0.161 e. The summed E-state index contributed by atoms with van der Waals surface area (Å²) >= 11 is 0. The van der Waals surface area contributed by atoms with Crippen LogP contribution in [0.5, 0.6) is 5.75 Å². The lowest BCUT2D eigenvalue weighted by atomic mass is 10.2. The van der Waals surface area contributed by atoms with Gasteiger partial charge in [0.05, 0.1) is 7.11 Å². The third-order valence-electron chi connectivity index (χ3n) is 2.46. The Morgan fingerprint density at radius 3 is 2.41 bits per heavy atom. The summed E-state index contributed by atoms with van der Waals surface area (Å²) in [6.45, 7) is 1.95. The van der Waals surface area contributed by atoms with E-state index in [9.17, 15) is 0 Å². The van der Waals surface area contributed by atoms with E-state index in [4.69, 9.17) is 4.74 Å². The molecule has 0 saturated carbocycles. The van der Waals surface area contributed by atoms with Crippen molar-refractivity contribution in [3.05, 3.63) is 36.0 Å². The summed E-state index contributed by atoms with van der Waals surface area (Å²) in [5.41, 5.74) is 1.92. The number of aryl methyl sites for hydroxylation is 1. The number of aromatic nitrogens is 2. The maximum atomic E-state index is 5.12. The average Bonchev–Trinajstić information content (AvgIpc) is 2.38. The molecule has 0 aliphatic carbocycles. The first-order valence-electron chi connectivity index (χ1n) is 5.41. The number of ether oxygens (including phenoxy) is 1. The van der Waals surface area contributed by atoms with E-state index in [2.05, 4.69) is 15.3 Å². The maximum absolute atomic E-state index is 5.12. The molecule has 88 valence electrons. The van der Waals surface area contributed by atoms with Crippen LogP contribution in [-0.4, -0.2) is 24.1 Å². The molecular formula is C13H15N3O. The Kier molecular flexibility index (Phi) is 3.23. The molecular weight excluding hydrogens is 214 g/mol. The van der Waals surface area contributed by atoms with Crippen molar-refractivity contribution in [2.24, 2.45) is 0 Å². The van der Waals surface area contributed by atoms with Crippen molar-refractivity contribution in [1.29, 1.82) is 0 Å². The Balaban J connectivity index is 2.41. The van der Waals surface area contributed by atoms with Crippen LogP contribution in [0.4, 0.5) is 5.82 Å². The van der Waals surface area contributed by atoms with Crippen molar-refractivity contribution in [3.8, 4) is 17.1 Å². The van der Waals surface area contributed by atoms with Crippen molar-refractivity contribution in [2.75, 3.05) is 19.5 Å². The van der Waals surface area contributed by atoms with Gasteiger partial charge in [-0.3, -0.25) is 0 Å². The van der Waals surface area contributed by atoms with E-state index in [-0.39, 0.29) is 0 Å². The topological polar surface area (TPSA) is 47.0 Å². The lowest BCUT2D eigenvalue weighted by Gasteiger charge is -2.06. The molecule has 0 unspecified atom stereocenters. The first kappa shape index (κ1) is 11.4. The molecule has 0 bridgehead atoms. The minimum atomic E-state index is 0.719. The van der Waals surface area contributed by atoms with Gasteiger partial charge in [0.25, 0.3) is 0 Å². The van der Waals surface area contributed by atoms with E-state index < -0.39 is 0 Å². The average molecular weight is 229 g/mol. The quantitative estimate of drug-likeness (QED) is 0.878. The molecule has 4 heteroatoms. The molecule has 0 aliphatic rings. The van der Waals surface area contributed by atoms with Gasteiger partial charge in [0, 0.05) is 24.4 Å². The van der Waals surface area contributed by atoms with Crippen LogP contribution in [0, 0.1) is 6.92 Å². The molecule has 1 aromatic heterocycles. The zero-order valence-electron chi connectivity index (χ0n) is 10.2. The highest BCUT2D eigenvalue weighted by Gasteiger charge is 2.04. The van der Waals surface area contributed by atoms with Crippen molar-refractivity contribution >= 4 is 5.82 Å². The number of nitrogens with zero attached hydrogens (tertiary/aromatic N) is 2. The van der Waals surface area contributed by atoms with E-state index in [1.807, 2.05) is 44.3 Å². The zero-order valence-corrected chi connectivity index (χ0v) is 10.2. The Morgan fingerprint density at radius 1 is 1.12 bits per heavy atom. The largest absolute Gasteiger partial charge is 0.497 e. The minimum absolute atomic E-state index is 0.719. The zero-order chi connectivity index (χ0) is 12.3. The Morgan fingerprint density at radius 2 is 1.82 bits per heavy atom. The van der Waals surface area contributed by atoms with E-state index in [0.717, 1.165) is 28.6 Å². The van der Waals surface area contributed by atoms with E-state index in [0.29, 0.717) is 0 Å². The third kappa shape index (κ3) is 2.53. The normalized spacial score (nSPS) is 10.1. The summed E-state index contributed by atoms with van der Waals surface area (Å²) in [5, 5.41) is 3.02. The van der Waals surface area contributed by atoms with E-state index in [1.165, 1.54) is 0 Å². The van der Waals surface area contributed by atoms with Gasteiger partial charge in [0.15, 0.2) is 5.82 Å². The lowest BCUT2D eigenvalue weighted by molar-refractivity contribution is 0.415. The second-order valence-electron chi connectivity index (χ2n) is 3.70. The summed E-state index contributed by atoms with van der Waals surface area (Å²) in [6, 6.07) is 9.62. The van der Waals surface area contributed by atoms with Gasteiger partial charge < -0.3 is 10.1 Å². The summed E-state index contributed by atoms with van der Waals surface area (Å²) < 4.78 is 5.12. The number of hydrogen-bond donors (Lipinski definition) is 1. The molecule has 2 aromatic rings. The van der Waals surface area contributed by atoms with Gasteiger partial charge in [0.2, 0.25) is 0 Å². The SMILES string of the molecule is CNc1cc(C)nc(-c2ccc(OC)cc2)n1. The number of methoxy groups -OCH3 is 1. The highest BCUT2D eigenvalue weighted by molar-refractivity contribution is 5.58. The van der Waals surface area contributed by atoms with Gasteiger partial charge in [-0.05, 0) is 31.2 Å². The highest BCUT2D eigenvalue weighted by Crippen LogP contribution is 2.20. The Bertz CT molecular complexity index is 509. The summed E-state index contributed by atoms with van der Waals surface area (Å²) in [6.07, 6.45) is 0. The lowest BCUT2D eigenvalue weighted by Crippen LogP contribution is -1.98.